The summed E-state index contributed by atoms with van der Waals surface area (Å²) in [5.41, 5.74) is 1.10. The van der Waals surface area contributed by atoms with Crippen LogP contribution >= 0.6 is 11.3 Å². The molecule has 1 aromatic heterocycles. The van der Waals surface area contributed by atoms with Crippen LogP contribution in [0.15, 0.2) is 24.3 Å². The average Bonchev–Trinajstić information content (AvgIpc) is 3.08. The molecule has 1 amide bonds. The number of carbonyl (C=O) groups is 1. The number of thiazole rings is 1. The first-order chi connectivity index (χ1) is 12.7. The van der Waals surface area contributed by atoms with Crippen LogP contribution in [0, 0.1) is 5.92 Å². The van der Waals surface area contributed by atoms with Gasteiger partial charge in [0.05, 0.1) is 16.8 Å². The lowest BCUT2D eigenvalue weighted by Gasteiger charge is -2.33. The third-order valence-corrected chi connectivity index (χ3v) is 7.34. The Balaban J connectivity index is 1.44. The van der Waals surface area contributed by atoms with Gasteiger partial charge in [-0.1, -0.05) is 31.9 Å². The minimum Gasteiger partial charge on any atom is -0.348 e. The van der Waals surface area contributed by atoms with Crippen LogP contribution in [0.2, 0.25) is 0 Å². The van der Waals surface area contributed by atoms with E-state index >= 15 is 0 Å². The van der Waals surface area contributed by atoms with Gasteiger partial charge in [0, 0.05) is 12.5 Å². The molecule has 0 radical (unpaired) electrons. The van der Waals surface area contributed by atoms with Crippen LogP contribution in [0.1, 0.15) is 62.9 Å². The van der Waals surface area contributed by atoms with Gasteiger partial charge in [-0.05, 0) is 43.7 Å². The maximum absolute atomic E-state index is 12.7. The van der Waals surface area contributed by atoms with E-state index < -0.39 is 0 Å². The van der Waals surface area contributed by atoms with Crippen LogP contribution in [0.3, 0.4) is 0 Å². The number of hydrogen-bond acceptors (Lipinski definition) is 3. The number of aromatic nitrogens is 1. The smallest absolute Gasteiger partial charge is 0.275 e. The summed E-state index contributed by atoms with van der Waals surface area (Å²) in [6.45, 7) is 3.94. The predicted molar refractivity (Wildman–Crippen MR) is 106 cm³/mol. The van der Waals surface area contributed by atoms with E-state index in [4.69, 9.17) is 4.98 Å². The van der Waals surface area contributed by atoms with Gasteiger partial charge in [-0.25, -0.2) is 4.98 Å². The van der Waals surface area contributed by atoms with Crippen molar-refractivity contribution in [2.24, 2.45) is 5.92 Å². The van der Waals surface area contributed by atoms with Crippen molar-refractivity contribution in [1.82, 2.24) is 10.3 Å². The number of hydrogen-bond donors (Lipinski definition) is 2. The number of likely N-dealkylation sites (tertiary alicyclic amines) is 1. The number of nitrogens with one attached hydrogen (secondary N) is 2. The van der Waals surface area contributed by atoms with Crippen molar-refractivity contribution in [3.8, 4) is 0 Å². The predicted octanol–water partition coefficient (Wildman–Crippen LogP) is 3.10. The topological polar surface area (TPSA) is 46.4 Å². The Bertz CT molecular complexity index is 726. The van der Waals surface area contributed by atoms with Gasteiger partial charge in [0.2, 0.25) is 0 Å². The first-order valence-electron chi connectivity index (χ1n) is 10.2. The lowest BCUT2D eigenvalue weighted by molar-refractivity contribution is -0.929. The molecule has 2 aliphatic rings. The van der Waals surface area contributed by atoms with Gasteiger partial charge in [0.1, 0.15) is 6.04 Å². The van der Waals surface area contributed by atoms with E-state index in [9.17, 15) is 4.79 Å². The van der Waals surface area contributed by atoms with Crippen LogP contribution in [0.4, 0.5) is 0 Å². The van der Waals surface area contributed by atoms with Crippen molar-refractivity contribution < 1.29 is 9.69 Å². The molecule has 4 nitrogen and oxygen atoms in total. The number of para-hydroxylation sites is 1. The highest BCUT2D eigenvalue weighted by molar-refractivity contribution is 7.18. The number of quaternary nitrogens is 1. The normalized spacial score (nSPS) is 29.6. The van der Waals surface area contributed by atoms with E-state index in [2.05, 4.69) is 36.5 Å². The SMILES string of the molecule is C[C@H]1CCCC[C@H]1NC(=O)C[NH+]1CCCC[C@@H]1c1nc2ccccc2s1. The first kappa shape index (κ1) is 17.9. The summed E-state index contributed by atoms with van der Waals surface area (Å²) in [7, 11) is 0. The standard InChI is InChI=1S/C21H29N3OS/c1-15-8-2-3-9-16(15)22-20(25)14-24-13-7-6-11-18(24)21-23-17-10-4-5-12-19(17)26-21/h4-5,10,12,15-16,18H,2-3,6-9,11,13-14H2,1H3,(H,22,25)/p+1/t15-,16+,18+/m0/s1. The fourth-order valence-electron chi connectivity index (χ4n) is 4.62. The van der Waals surface area contributed by atoms with Gasteiger partial charge in [-0.3, -0.25) is 4.79 Å². The molecule has 1 saturated heterocycles. The zero-order valence-corrected chi connectivity index (χ0v) is 16.5. The van der Waals surface area contributed by atoms with Gasteiger partial charge in [-0.15, -0.1) is 11.3 Å². The molecule has 1 aromatic carbocycles. The number of nitrogens with zero attached hydrogens (tertiary/aromatic N) is 1. The van der Waals surface area contributed by atoms with E-state index in [0.717, 1.165) is 24.9 Å². The Morgan fingerprint density at radius 3 is 2.85 bits per heavy atom. The second-order valence-electron chi connectivity index (χ2n) is 8.09. The molecule has 1 saturated carbocycles. The Kier molecular flexibility index (Phi) is 5.55. The zero-order valence-electron chi connectivity index (χ0n) is 15.7. The summed E-state index contributed by atoms with van der Waals surface area (Å²) in [5, 5.41) is 4.55. The number of fused-ring (bicyclic) bond motifs is 1. The van der Waals surface area contributed by atoms with E-state index in [0.29, 0.717) is 24.5 Å². The summed E-state index contributed by atoms with van der Waals surface area (Å²) in [6, 6.07) is 9.12. The molecule has 1 aliphatic heterocycles. The number of carbonyl (C=O) groups excluding carboxylic acids is 1. The zero-order chi connectivity index (χ0) is 17.9. The molecular weight excluding hydrogens is 342 g/mol. The Hall–Kier alpha value is -1.46. The van der Waals surface area contributed by atoms with E-state index in [1.807, 2.05) is 11.3 Å². The second kappa shape index (κ2) is 8.05. The van der Waals surface area contributed by atoms with Gasteiger partial charge in [0.25, 0.3) is 5.91 Å². The molecule has 0 spiro atoms. The highest BCUT2D eigenvalue weighted by atomic mass is 32.1. The molecule has 26 heavy (non-hydrogen) atoms. The minimum absolute atomic E-state index is 0.228. The number of benzene rings is 1. The van der Waals surface area contributed by atoms with Gasteiger partial charge >= 0.3 is 0 Å². The summed E-state index contributed by atoms with van der Waals surface area (Å²) < 4.78 is 1.26. The fraction of sp³-hybridized carbons (Fsp3) is 0.619. The number of amides is 1. The van der Waals surface area contributed by atoms with Gasteiger partial charge < -0.3 is 10.2 Å². The van der Waals surface area contributed by atoms with Crippen LogP contribution in [0.5, 0.6) is 0 Å². The molecule has 2 aromatic rings. The molecule has 140 valence electrons. The molecule has 2 fully saturated rings. The van der Waals surface area contributed by atoms with Crippen molar-refractivity contribution in [2.45, 2.75) is 64.0 Å². The fourth-order valence-corrected chi connectivity index (χ4v) is 5.78. The molecule has 0 bridgehead atoms. The molecule has 2 N–H and O–H groups in total. The Morgan fingerprint density at radius 2 is 2.00 bits per heavy atom. The molecule has 1 aliphatic carbocycles. The maximum Gasteiger partial charge on any atom is 0.275 e. The molecule has 1 unspecified atom stereocenters. The van der Waals surface area contributed by atoms with Crippen molar-refractivity contribution in [1.29, 1.82) is 0 Å². The van der Waals surface area contributed by atoms with E-state index in [1.165, 1.54) is 46.7 Å². The summed E-state index contributed by atoms with van der Waals surface area (Å²) in [5.74, 6) is 0.843. The van der Waals surface area contributed by atoms with Crippen LogP contribution in [-0.2, 0) is 4.79 Å². The monoisotopic (exact) mass is 372 g/mol. The average molecular weight is 373 g/mol. The third-order valence-electron chi connectivity index (χ3n) is 6.19. The van der Waals surface area contributed by atoms with Crippen molar-refractivity contribution in [3.63, 3.8) is 0 Å². The van der Waals surface area contributed by atoms with E-state index in [-0.39, 0.29) is 5.91 Å². The number of rotatable bonds is 4. The molecule has 4 atom stereocenters. The van der Waals surface area contributed by atoms with Crippen LogP contribution < -0.4 is 10.2 Å². The number of piperidine rings is 1. The molecule has 4 rings (SSSR count). The second-order valence-corrected chi connectivity index (χ2v) is 9.15. The highest BCUT2D eigenvalue weighted by Gasteiger charge is 2.33. The highest BCUT2D eigenvalue weighted by Crippen LogP contribution is 2.28. The molecular formula is C21H30N3OS+. The minimum atomic E-state index is 0.228. The summed E-state index contributed by atoms with van der Waals surface area (Å²) in [4.78, 5) is 19.0. The van der Waals surface area contributed by atoms with Crippen LogP contribution in [0.25, 0.3) is 10.2 Å². The van der Waals surface area contributed by atoms with Crippen molar-refractivity contribution in [2.75, 3.05) is 13.1 Å². The lowest BCUT2D eigenvalue weighted by atomic mass is 9.86. The lowest BCUT2D eigenvalue weighted by Crippen LogP contribution is -3.14. The van der Waals surface area contributed by atoms with E-state index in [1.54, 1.807) is 0 Å². The first-order valence-corrected chi connectivity index (χ1v) is 11.0. The Morgan fingerprint density at radius 1 is 1.19 bits per heavy atom. The quantitative estimate of drug-likeness (QED) is 0.866. The summed E-state index contributed by atoms with van der Waals surface area (Å²) in [6.07, 6.45) is 8.54. The largest absolute Gasteiger partial charge is 0.348 e. The summed E-state index contributed by atoms with van der Waals surface area (Å²) >= 11 is 1.81. The van der Waals surface area contributed by atoms with Crippen molar-refractivity contribution >= 4 is 27.5 Å². The van der Waals surface area contributed by atoms with Gasteiger partial charge in [0.15, 0.2) is 11.6 Å². The Labute approximate surface area is 160 Å². The molecule has 5 heteroatoms. The third kappa shape index (κ3) is 3.94. The van der Waals surface area contributed by atoms with Crippen LogP contribution in [-0.4, -0.2) is 30.0 Å². The van der Waals surface area contributed by atoms with Crippen molar-refractivity contribution in [3.05, 3.63) is 29.3 Å². The van der Waals surface area contributed by atoms with Gasteiger partial charge in [-0.2, -0.15) is 0 Å². The molecule has 2 heterocycles. The maximum atomic E-state index is 12.7.